The van der Waals surface area contributed by atoms with Crippen molar-refractivity contribution in [2.45, 2.75) is 12.2 Å². The third-order valence-electron chi connectivity index (χ3n) is 2.62. The van der Waals surface area contributed by atoms with Gasteiger partial charge in [-0.05, 0) is 17.7 Å². The molecule has 1 aliphatic heterocycles. The van der Waals surface area contributed by atoms with E-state index in [2.05, 4.69) is 0 Å². The summed E-state index contributed by atoms with van der Waals surface area (Å²) in [6, 6.07) is -0.102. The van der Waals surface area contributed by atoms with E-state index in [1.807, 2.05) is 0 Å². The van der Waals surface area contributed by atoms with E-state index >= 15 is 0 Å². The molecule has 0 radical (unpaired) electrons. The number of hydrogen-bond donors (Lipinski definition) is 2. The van der Waals surface area contributed by atoms with Gasteiger partial charge in [0, 0.05) is 0 Å². The third kappa shape index (κ3) is 2.58. The number of aliphatic carboxylic acids is 1. The van der Waals surface area contributed by atoms with Gasteiger partial charge in [0.2, 0.25) is 0 Å². The number of rotatable bonds is 2. The van der Waals surface area contributed by atoms with E-state index in [1.165, 1.54) is 0 Å². The number of carbonyl (C=O) groups is 1. The molecule has 1 heterocycles. The molecule has 0 saturated carbocycles. The summed E-state index contributed by atoms with van der Waals surface area (Å²) in [5.41, 5.74) is 3.59. The Bertz CT molecular complexity index is 515. The van der Waals surface area contributed by atoms with E-state index < -0.39 is 29.3 Å². The molecule has 0 aromatic heterocycles. The molecule has 0 aliphatic carbocycles. The minimum atomic E-state index is -4.72. The fraction of sp³-hybridized carbons (Fsp3) is 0.364. The van der Waals surface area contributed by atoms with E-state index in [0.717, 1.165) is 6.07 Å². The standard InChI is InChI=1S/C11H10F3NO4/c12-11(13,14)6-4-8-7(18-1-2-19-8)3-5(6)9(15)10(16)17/h3-4,9H,1-2,15H2,(H,16,17). The highest BCUT2D eigenvalue weighted by Crippen LogP contribution is 2.41. The highest BCUT2D eigenvalue weighted by Gasteiger charge is 2.38. The van der Waals surface area contributed by atoms with Crippen molar-refractivity contribution in [3.8, 4) is 11.5 Å². The van der Waals surface area contributed by atoms with Crippen LogP contribution >= 0.6 is 0 Å². The van der Waals surface area contributed by atoms with E-state index in [0.29, 0.717) is 6.07 Å². The first-order valence-electron chi connectivity index (χ1n) is 5.30. The fourth-order valence-corrected chi connectivity index (χ4v) is 1.74. The third-order valence-corrected chi connectivity index (χ3v) is 2.62. The number of hydrogen-bond acceptors (Lipinski definition) is 4. The van der Waals surface area contributed by atoms with Crippen LogP contribution in [-0.4, -0.2) is 24.3 Å². The second-order valence-electron chi connectivity index (χ2n) is 3.90. The topological polar surface area (TPSA) is 81.8 Å². The minimum absolute atomic E-state index is 0.0611. The van der Waals surface area contributed by atoms with Crippen molar-refractivity contribution in [2.75, 3.05) is 13.2 Å². The predicted molar refractivity (Wildman–Crippen MR) is 57.0 cm³/mol. The summed E-state index contributed by atoms with van der Waals surface area (Å²) in [4.78, 5) is 10.8. The normalized spacial score (nSPS) is 16.0. The van der Waals surface area contributed by atoms with Gasteiger partial charge in [-0.1, -0.05) is 0 Å². The molecule has 1 atom stereocenters. The summed E-state index contributed by atoms with van der Waals surface area (Å²) in [7, 11) is 0. The minimum Gasteiger partial charge on any atom is -0.486 e. The van der Waals surface area contributed by atoms with E-state index in [1.54, 1.807) is 0 Å². The molecule has 0 fully saturated rings. The molecule has 1 aromatic rings. The average Bonchev–Trinajstić information content (AvgIpc) is 2.35. The molecule has 2 rings (SSSR count). The van der Waals surface area contributed by atoms with Gasteiger partial charge in [0.1, 0.15) is 19.3 Å². The maximum Gasteiger partial charge on any atom is 0.416 e. The van der Waals surface area contributed by atoms with Crippen molar-refractivity contribution in [3.63, 3.8) is 0 Å². The Labute approximate surface area is 105 Å². The molecule has 104 valence electrons. The van der Waals surface area contributed by atoms with Crippen molar-refractivity contribution in [1.82, 2.24) is 0 Å². The summed E-state index contributed by atoms with van der Waals surface area (Å²) in [5.74, 6) is -1.56. The zero-order chi connectivity index (χ0) is 14.2. The van der Waals surface area contributed by atoms with Crippen molar-refractivity contribution in [3.05, 3.63) is 23.3 Å². The van der Waals surface area contributed by atoms with E-state index in [4.69, 9.17) is 20.3 Å². The zero-order valence-corrected chi connectivity index (χ0v) is 9.53. The zero-order valence-electron chi connectivity index (χ0n) is 9.53. The van der Waals surface area contributed by atoms with Gasteiger partial charge < -0.3 is 20.3 Å². The summed E-state index contributed by atoms with van der Waals surface area (Å²) < 4.78 is 48.9. The summed E-state index contributed by atoms with van der Waals surface area (Å²) >= 11 is 0. The van der Waals surface area contributed by atoms with Crippen LogP contribution in [0.4, 0.5) is 13.2 Å². The number of fused-ring (bicyclic) bond motifs is 1. The first-order chi connectivity index (χ1) is 8.80. The van der Waals surface area contributed by atoms with Gasteiger partial charge in [0.05, 0.1) is 5.56 Å². The second-order valence-corrected chi connectivity index (χ2v) is 3.90. The van der Waals surface area contributed by atoms with Gasteiger partial charge in [-0.3, -0.25) is 4.79 Å². The van der Waals surface area contributed by atoms with Gasteiger partial charge >= 0.3 is 12.1 Å². The first kappa shape index (κ1) is 13.5. The SMILES string of the molecule is NC(C(=O)O)c1cc2c(cc1C(F)(F)F)OCCO2. The Balaban J connectivity index is 2.59. The van der Waals surface area contributed by atoms with Crippen LogP contribution in [0.1, 0.15) is 17.2 Å². The van der Waals surface area contributed by atoms with Gasteiger partial charge in [0.25, 0.3) is 0 Å². The van der Waals surface area contributed by atoms with Gasteiger partial charge in [-0.15, -0.1) is 0 Å². The van der Waals surface area contributed by atoms with Crippen LogP contribution in [0, 0.1) is 0 Å². The first-order valence-corrected chi connectivity index (χ1v) is 5.30. The Hall–Kier alpha value is -1.96. The van der Waals surface area contributed by atoms with Crippen LogP contribution in [0.15, 0.2) is 12.1 Å². The molecule has 1 unspecified atom stereocenters. The predicted octanol–water partition coefficient (Wildman–Crippen LogP) is 1.56. The molecular formula is C11H10F3NO4. The van der Waals surface area contributed by atoms with Crippen LogP contribution in [0.2, 0.25) is 0 Å². The van der Waals surface area contributed by atoms with Crippen molar-refractivity contribution in [2.24, 2.45) is 5.73 Å². The molecule has 5 nitrogen and oxygen atoms in total. The molecular weight excluding hydrogens is 267 g/mol. The number of ether oxygens (including phenoxy) is 2. The largest absolute Gasteiger partial charge is 0.486 e. The Morgan fingerprint density at radius 1 is 1.26 bits per heavy atom. The number of benzene rings is 1. The van der Waals surface area contributed by atoms with Crippen LogP contribution in [0.5, 0.6) is 11.5 Å². The van der Waals surface area contributed by atoms with Crippen LogP contribution in [0.25, 0.3) is 0 Å². The highest BCUT2D eigenvalue weighted by molar-refractivity contribution is 5.76. The quantitative estimate of drug-likeness (QED) is 0.857. The lowest BCUT2D eigenvalue weighted by Crippen LogP contribution is -2.25. The van der Waals surface area contributed by atoms with Gasteiger partial charge in [0.15, 0.2) is 11.5 Å². The van der Waals surface area contributed by atoms with Gasteiger partial charge in [-0.2, -0.15) is 13.2 Å². The van der Waals surface area contributed by atoms with Crippen LogP contribution in [0.3, 0.4) is 0 Å². The Morgan fingerprint density at radius 3 is 2.26 bits per heavy atom. The lowest BCUT2D eigenvalue weighted by atomic mass is 9.99. The Kier molecular flexibility index (Phi) is 3.27. The van der Waals surface area contributed by atoms with Crippen molar-refractivity contribution < 1.29 is 32.5 Å². The molecule has 0 spiro atoms. The Morgan fingerprint density at radius 2 is 1.79 bits per heavy atom. The molecule has 8 heteroatoms. The second kappa shape index (κ2) is 4.61. The van der Waals surface area contributed by atoms with E-state index in [-0.39, 0.29) is 24.7 Å². The molecule has 0 saturated heterocycles. The van der Waals surface area contributed by atoms with Crippen LogP contribution < -0.4 is 15.2 Å². The lowest BCUT2D eigenvalue weighted by molar-refractivity contribution is -0.141. The monoisotopic (exact) mass is 277 g/mol. The number of alkyl halides is 3. The van der Waals surface area contributed by atoms with E-state index in [9.17, 15) is 18.0 Å². The lowest BCUT2D eigenvalue weighted by Gasteiger charge is -2.23. The maximum absolute atomic E-state index is 12.9. The molecule has 3 N–H and O–H groups in total. The number of carboxylic acid groups (broad SMARTS) is 1. The van der Waals surface area contributed by atoms with Gasteiger partial charge in [-0.25, -0.2) is 0 Å². The average molecular weight is 277 g/mol. The summed E-state index contributed by atoms with van der Waals surface area (Å²) in [5, 5.41) is 8.77. The molecule has 1 aromatic carbocycles. The number of halogens is 3. The molecule has 19 heavy (non-hydrogen) atoms. The van der Waals surface area contributed by atoms with Crippen molar-refractivity contribution >= 4 is 5.97 Å². The molecule has 0 bridgehead atoms. The smallest absolute Gasteiger partial charge is 0.416 e. The van der Waals surface area contributed by atoms with Crippen molar-refractivity contribution in [1.29, 1.82) is 0 Å². The van der Waals surface area contributed by atoms with Crippen LogP contribution in [-0.2, 0) is 11.0 Å². The molecule has 0 amide bonds. The number of carboxylic acids is 1. The number of nitrogens with two attached hydrogens (primary N) is 1. The highest BCUT2D eigenvalue weighted by atomic mass is 19.4. The molecule has 1 aliphatic rings. The summed E-state index contributed by atoms with van der Waals surface area (Å²) in [6.45, 7) is 0.314. The maximum atomic E-state index is 12.9. The fourth-order valence-electron chi connectivity index (χ4n) is 1.74. The summed E-state index contributed by atoms with van der Waals surface area (Å²) in [6.07, 6.45) is -4.72.